The van der Waals surface area contributed by atoms with Gasteiger partial charge in [-0.3, -0.25) is 0 Å². The first kappa shape index (κ1) is 31.2. The fraction of sp³-hybridized carbons (Fsp3) is 0.0435. The molecule has 1 aromatic heterocycles. The molecule has 7 aromatic carbocycles. The van der Waals surface area contributed by atoms with Crippen LogP contribution in [0.1, 0.15) is 21.9 Å². The number of thioether (sulfide) groups is 1. The Morgan fingerprint density at radius 2 is 0.980 bits per heavy atom. The third-order valence-corrected chi connectivity index (χ3v) is 10.8. The van der Waals surface area contributed by atoms with Crippen molar-refractivity contribution in [2.75, 3.05) is 0 Å². The van der Waals surface area contributed by atoms with Crippen LogP contribution in [0, 0.1) is 0 Å². The first-order valence-corrected chi connectivity index (χ1v) is 18.2. The summed E-state index contributed by atoms with van der Waals surface area (Å²) in [5.74, 6) is 0.706. The maximum atomic E-state index is 5.23. The number of benzene rings is 7. The van der Waals surface area contributed by atoms with E-state index in [-0.39, 0.29) is 10.7 Å². The summed E-state index contributed by atoms with van der Waals surface area (Å²) >= 11 is 1.88. The Bertz CT molecular complexity index is 2390. The van der Waals surface area contributed by atoms with Crippen molar-refractivity contribution < 1.29 is 0 Å². The van der Waals surface area contributed by atoms with Gasteiger partial charge < -0.3 is 0 Å². The van der Waals surface area contributed by atoms with Gasteiger partial charge in [-0.1, -0.05) is 176 Å². The van der Waals surface area contributed by atoms with E-state index in [0.717, 1.165) is 33.6 Å². The fourth-order valence-electron chi connectivity index (χ4n) is 6.93. The average molecular weight is 675 g/mol. The second-order valence-corrected chi connectivity index (χ2v) is 13.9. The van der Waals surface area contributed by atoms with Crippen LogP contribution in [0.5, 0.6) is 0 Å². The largest absolute Gasteiger partial charge is 0.239 e. The number of rotatable bonds is 7. The molecule has 2 N–H and O–H groups in total. The van der Waals surface area contributed by atoms with Crippen LogP contribution < -0.4 is 10.9 Å². The molecule has 8 aromatic rings. The Hall–Kier alpha value is -5.85. The maximum Gasteiger partial charge on any atom is 0.160 e. The van der Waals surface area contributed by atoms with Crippen LogP contribution in [0.25, 0.3) is 66.9 Å². The van der Waals surface area contributed by atoms with Gasteiger partial charge in [-0.25, -0.2) is 20.8 Å². The minimum atomic E-state index is 0.149. The molecule has 4 nitrogen and oxygen atoms in total. The van der Waals surface area contributed by atoms with Crippen LogP contribution in [0.3, 0.4) is 0 Å². The normalized spacial score (nSPS) is 15.6. The van der Waals surface area contributed by atoms with Crippen LogP contribution >= 0.6 is 11.8 Å². The van der Waals surface area contributed by atoms with E-state index >= 15 is 0 Å². The quantitative estimate of drug-likeness (QED) is 0.176. The Labute approximate surface area is 302 Å². The zero-order valence-corrected chi connectivity index (χ0v) is 28.6. The van der Waals surface area contributed by atoms with E-state index in [0.29, 0.717) is 5.82 Å². The third-order valence-electron chi connectivity index (χ3n) is 9.47. The van der Waals surface area contributed by atoms with Crippen molar-refractivity contribution in [1.82, 2.24) is 20.8 Å². The van der Waals surface area contributed by atoms with Gasteiger partial charge in [0.05, 0.1) is 22.1 Å². The van der Waals surface area contributed by atoms with Crippen molar-refractivity contribution in [3.8, 4) is 56.2 Å². The molecule has 2 atom stereocenters. The van der Waals surface area contributed by atoms with Crippen molar-refractivity contribution in [2.45, 2.75) is 10.7 Å². The van der Waals surface area contributed by atoms with Crippen LogP contribution in [0.2, 0.25) is 0 Å². The summed E-state index contributed by atoms with van der Waals surface area (Å²) in [6.45, 7) is 0. The molecule has 0 bridgehead atoms. The van der Waals surface area contributed by atoms with Gasteiger partial charge in [0.15, 0.2) is 5.82 Å². The van der Waals surface area contributed by atoms with Crippen LogP contribution in [0.4, 0.5) is 0 Å². The molecule has 0 radical (unpaired) electrons. The van der Waals surface area contributed by atoms with Gasteiger partial charge in [-0.2, -0.15) is 0 Å². The van der Waals surface area contributed by atoms with Gasteiger partial charge >= 0.3 is 0 Å². The molecule has 0 saturated carbocycles. The SMILES string of the molecule is c1ccc(-c2cc(-c3ccccc3-c3c(-c4ccc(C5NNC(c6ccccc6)S5)cc4)ccc4ccccc34)nc(-c3ccccc3)n2)cc1. The summed E-state index contributed by atoms with van der Waals surface area (Å²) in [5, 5.41) is 2.75. The summed E-state index contributed by atoms with van der Waals surface area (Å²) < 4.78 is 0. The van der Waals surface area contributed by atoms with E-state index < -0.39 is 0 Å². The first-order chi connectivity index (χ1) is 25.3. The second kappa shape index (κ2) is 13.8. The Morgan fingerprint density at radius 1 is 0.412 bits per heavy atom. The summed E-state index contributed by atoms with van der Waals surface area (Å²) in [6.07, 6.45) is 0. The Kier molecular flexibility index (Phi) is 8.44. The van der Waals surface area contributed by atoms with Crippen molar-refractivity contribution in [2.24, 2.45) is 0 Å². The highest BCUT2D eigenvalue weighted by atomic mass is 32.2. The van der Waals surface area contributed by atoms with Gasteiger partial charge in [0.1, 0.15) is 0 Å². The molecule has 0 aliphatic carbocycles. The zero-order valence-electron chi connectivity index (χ0n) is 27.8. The number of nitrogens with one attached hydrogen (secondary N) is 2. The number of hydrazine groups is 1. The van der Waals surface area contributed by atoms with E-state index in [4.69, 9.17) is 9.97 Å². The fourth-order valence-corrected chi connectivity index (χ4v) is 8.10. The molecule has 0 spiro atoms. The van der Waals surface area contributed by atoms with Gasteiger partial charge in [0, 0.05) is 16.7 Å². The predicted molar refractivity (Wildman–Crippen MR) is 213 cm³/mol. The van der Waals surface area contributed by atoms with Crippen LogP contribution in [-0.4, -0.2) is 9.97 Å². The highest BCUT2D eigenvalue weighted by molar-refractivity contribution is 7.99. The number of nitrogens with zero attached hydrogens (tertiary/aromatic N) is 2. The van der Waals surface area contributed by atoms with Crippen molar-refractivity contribution in [3.05, 3.63) is 193 Å². The van der Waals surface area contributed by atoms with E-state index in [1.807, 2.05) is 36.0 Å². The molecule has 1 fully saturated rings. The maximum absolute atomic E-state index is 5.23. The van der Waals surface area contributed by atoms with E-state index in [1.165, 1.54) is 38.6 Å². The van der Waals surface area contributed by atoms with Gasteiger partial charge in [-0.05, 0) is 50.2 Å². The smallest absolute Gasteiger partial charge is 0.160 e. The molecule has 2 unspecified atom stereocenters. The highest BCUT2D eigenvalue weighted by Gasteiger charge is 2.27. The lowest BCUT2D eigenvalue weighted by Crippen LogP contribution is -2.26. The lowest BCUT2D eigenvalue weighted by atomic mass is 9.86. The van der Waals surface area contributed by atoms with Crippen molar-refractivity contribution >= 4 is 22.5 Å². The molecule has 5 heteroatoms. The number of fused-ring (bicyclic) bond motifs is 1. The molecule has 244 valence electrons. The summed E-state index contributed by atoms with van der Waals surface area (Å²) in [6, 6.07) is 64.2. The zero-order chi connectivity index (χ0) is 34.0. The van der Waals surface area contributed by atoms with Crippen molar-refractivity contribution in [3.63, 3.8) is 0 Å². The predicted octanol–water partition coefficient (Wildman–Crippen LogP) is 11.5. The van der Waals surface area contributed by atoms with Gasteiger partial charge in [0.25, 0.3) is 0 Å². The van der Waals surface area contributed by atoms with E-state index in [1.54, 1.807) is 0 Å². The topological polar surface area (TPSA) is 49.8 Å². The molecular formula is C46H34N4S. The van der Waals surface area contributed by atoms with Crippen molar-refractivity contribution in [1.29, 1.82) is 0 Å². The van der Waals surface area contributed by atoms with Crippen LogP contribution in [-0.2, 0) is 0 Å². The minimum absolute atomic E-state index is 0.149. The lowest BCUT2D eigenvalue weighted by molar-refractivity contribution is 0.555. The molecule has 1 aliphatic heterocycles. The summed E-state index contributed by atoms with van der Waals surface area (Å²) in [7, 11) is 0. The second-order valence-electron chi connectivity index (χ2n) is 12.7. The molecule has 2 heterocycles. The average Bonchev–Trinajstić information content (AvgIpc) is 3.72. The molecular weight excluding hydrogens is 641 g/mol. The Morgan fingerprint density at radius 3 is 1.71 bits per heavy atom. The third kappa shape index (κ3) is 6.24. The Balaban J connectivity index is 1.16. The highest BCUT2D eigenvalue weighted by Crippen LogP contribution is 2.45. The number of hydrogen-bond donors (Lipinski definition) is 2. The van der Waals surface area contributed by atoms with Gasteiger partial charge in [-0.15, -0.1) is 11.8 Å². The van der Waals surface area contributed by atoms with Crippen LogP contribution in [0.15, 0.2) is 182 Å². The standard InChI is InChI=1S/C46H34N4S/c1-4-15-33(16-5-1)41-30-42(48-44(47-41)34-17-6-2-7-18-34)39-22-12-13-23-40(39)43-37-21-11-10-14-31(37)28-29-38(43)32-24-26-36(27-25-32)46-50-49-45(51-46)35-19-8-3-9-20-35/h1-30,45-46,49-50H. The van der Waals surface area contributed by atoms with Gasteiger partial charge in [0.2, 0.25) is 0 Å². The molecule has 0 amide bonds. The number of aromatic nitrogens is 2. The first-order valence-electron chi connectivity index (χ1n) is 17.2. The summed E-state index contributed by atoms with van der Waals surface area (Å²) in [5.41, 5.74) is 19.0. The van der Waals surface area contributed by atoms with E-state index in [9.17, 15) is 0 Å². The molecule has 1 saturated heterocycles. The number of hydrogen-bond acceptors (Lipinski definition) is 5. The monoisotopic (exact) mass is 674 g/mol. The molecule has 51 heavy (non-hydrogen) atoms. The summed E-state index contributed by atoms with van der Waals surface area (Å²) in [4.78, 5) is 10.3. The molecule has 1 aliphatic rings. The lowest BCUT2D eigenvalue weighted by Gasteiger charge is -2.18. The minimum Gasteiger partial charge on any atom is -0.239 e. The molecule has 9 rings (SSSR count). The van der Waals surface area contributed by atoms with E-state index in [2.05, 4.69) is 169 Å².